The fourth-order valence-corrected chi connectivity index (χ4v) is 13.4. The van der Waals surface area contributed by atoms with Crippen LogP contribution in [0.25, 0.3) is 0 Å². The van der Waals surface area contributed by atoms with Gasteiger partial charge in [-0.2, -0.15) is 22.4 Å². The molecule has 0 N–H and O–H groups in total. The zero-order valence-electron chi connectivity index (χ0n) is 7.72. The normalized spacial score (nSPS) is 27.0. The predicted molar refractivity (Wildman–Crippen MR) is 61.0 cm³/mol. The van der Waals surface area contributed by atoms with Gasteiger partial charge in [0, 0.05) is 4.75 Å². The predicted octanol–water partition coefficient (Wildman–Crippen LogP) is 3.27. The maximum Gasteiger partial charge on any atom is 0.161 e. The van der Waals surface area contributed by atoms with Gasteiger partial charge in [-0.1, -0.05) is 27.2 Å². The van der Waals surface area contributed by atoms with Crippen molar-refractivity contribution < 1.29 is 0 Å². The van der Waals surface area contributed by atoms with E-state index in [1.54, 1.807) is 6.04 Å². The Balaban J connectivity index is 2.24. The van der Waals surface area contributed by atoms with Gasteiger partial charge in [-0.05, 0) is 18.2 Å². The van der Waals surface area contributed by atoms with Gasteiger partial charge >= 0.3 is 0 Å². The van der Waals surface area contributed by atoms with Crippen LogP contribution < -0.4 is 0 Å². The van der Waals surface area contributed by atoms with Gasteiger partial charge in [0.1, 0.15) is 0 Å². The van der Waals surface area contributed by atoms with Crippen LogP contribution in [0.15, 0.2) is 0 Å². The van der Waals surface area contributed by atoms with E-state index in [0.717, 1.165) is 0 Å². The molecule has 0 spiro atoms. The van der Waals surface area contributed by atoms with Crippen molar-refractivity contribution in [3.05, 3.63) is 0 Å². The fraction of sp³-hybridized carbons (Fsp3) is 1.00. The molecule has 0 aromatic heterocycles. The summed E-state index contributed by atoms with van der Waals surface area (Å²) in [5.41, 5.74) is 0. The lowest BCUT2D eigenvalue weighted by Gasteiger charge is -2.26. The summed E-state index contributed by atoms with van der Waals surface area (Å²) in [7, 11) is -0.418. The lowest BCUT2D eigenvalue weighted by molar-refractivity contribution is 0.808. The third kappa shape index (κ3) is 4.48. The van der Waals surface area contributed by atoms with Gasteiger partial charge in [0.15, 0.2) is 7.10 Å². The molecular formula is C8H18S2Si. The third-order valence-corrected chi connectivity index (χ3v) is 12.6. The summed E-state index contributed by atoms with van der Waals surface area (Å²) in [6, 6.07) is 1.56. The highest BCUT2D eigenvalue weighted by Gasteiger charge is 2.22. The van der Waals surface area contributed by atoms with Crippen LogP contribution >= 0.6 is 22.4 Å². The van der Waals surface area contributed by atoms with Crippen molar-refractivity contribution in [3.63, 3.8) is 0 Å². The Labute approximate surface area is 79.8 Å². The minimum Gasteiger partial charge on any atom is -0.176 e. The van der Waals surface area contributed by atoms with E-state index in [2.05, 4.69) is 43.2 Å². The molecule has 0 nitrogen and oxygen atoms in total. The van der Waals surface area contributed by atoms with E-state index in [-0.39, 0.29) is 0 Å². The molecule has 1 unspecified atom stereocenters. The molecule has 1 saturated heterocycles. The van der Waals surface area contributed by atoms with E-state index in [9.17, 15) is 0 Å². The van der Waals surface area contributed by atoms with Crippen LogP contribution in [0.1, 0.15) is 33.6 Å². The first-order valence-corrected chi connectivity index (χ1v) is 9.95. The van der Waals surface area contributed by atoms with Crippen molar-refractivity contribution in [1.29, 1.82) is 0 Å². The summed E-state index contributed by atoms with van der Waals surface area (Å²) in [6.45, 7) is 7.04. The topological polar surface area (TPSA) is 0 Å². The smallest absolute Gasteiger partial charge is 0.161 e. The Morgan fingerprint density at radius 2 is 2.00 bits per heavy atom. The Morgan fingerprint density at radius 1 is 1.27 bits per heavy atom. The second-order valence-electron chi connectivity index (χ2n) is 4.03. The average molecular weight is 206 g/mol. The molecule has 0 aliphatic carbocycles. The molecule has 1 rings (SSSR count). The maximum atomic E-state index is 2.35. The maximum absolute atomic E-state index is 2.35. The van der Waals surface area contributed by atoms with Crippen LogP contribution in [0.4, 0.5) is 0 Å². The van der Waals surface area contributed by atoms with E-state index in [0.29, 0.717) is 4.75 Å². The number of hydrogen-bond donors (Lipinski definition) is 0. The molecule has 11 heavy (non-hydrogen) atoms. The quantitative estimate of drug-likeness (QED) is 0.604. The highest BCUT2D eigenvalue weighted by atomic mass is 32.6. The van der Waals surface area contributed by atoms with Crippen LogP contribution in [0.3, 0.4) is 0 Å². The highest BCUT2D eigenvalue weighted by Crippen LogP contribution is 2.37. The number of hydrogen-bond acceptors (Lipinski definition) is 2. The average Bonchev–Trinajstić information content (AvgIpc) is 1.85. The molecule has 0 aromatic carbocycles. The minimum atomic E-state index is -0.418. The third-order valence-electron chi connectivity index (χ3n) is 1.62. The molecule has 1 aliphatic rings. The van der Waals surface area contributed by atoms with E-state index >= 15 is 0 Å². The summed E-state index contributed by atoms with van der Waals surface area (Å²) in [4.78, 5) is 0. The molecule has 1 fully saturated rings. The molecule has 0 saturated carbocycles. The minimum absolute atomic E-state index is 0.418. The summed E-state index contributed by atoms with van der Waals surface area (Å²) in [5, 5.41) is 0. The van der Waals surface area contributed by atoms with Crippen molar-refractivity contribution in [2.75, 3.05) is 5.75 Å². The Bertz CT molecular complexity index is 114. The Morgan fingerprint density at radius 3 is 2.45 bits per heavy atom. The molecule has 1 aliphatic heterocycles. The van der Waals surface area contributed by atoms with Crippen molar-refractivity contribution in [2.45, 2.75) is 44.4 Å². The van der Waals surface area contributed by atoms with Crippen molar-refractivity contribution >= 4 is 29.5 Å². The van der Waals surface area contributed by atoms with Crippen molar-refractivity contribution in [3.8, 4) is 0 Å². The molecule has 1 heterocycles. The summed E-state index contributed by atoms with van der Waals surface area (Å²) in [5.74, 6) is 1.44. The van der Waals surface area contributed by atoms with Crippen LogP contribution in [0.2, 0.25) is 6.04 Å². The van der Waals surface area contributed by atoms with Gasteiger partial charge in [-0.3, -0.25) is 0 Å². The Hall–Kier alpha value is 0.917. The largest absolute Gasteiger partial charge is 0.176 e. The zero-order chi connectivity index (χ0) is 8.32. The molecule has 0 radical (unpaired) electrons. The lowest BCUT2D eigenvalue weighted by Crippen LogP contribution is -2.19. The van der Waals surface area contributed by atoms with E-state index < -0.39 is 7.10 Å². The van der Waals surface area contributed by atoms with Crippen molar-refractivity contribution in [1.82, 2.24) is 0 Å². The molecule has 3 heteroatoms. The fourth-order valence-electron chi connectivity index (χ4n) is 1.20. The van der Waals surface area contributed by atoms with Gasteiger partial charge < -0.3 is 0 Å². The summed E-state index contributed by atoms with van der Waals surface area (Å²) >= 11 is 4.57. The van der Waals surface area contributed by atoms with E-state index in [4.69, 9.17) is 0 Å². The van der Waals surface area contributed by atoms with Crippen LogP contribution in [0.5, 0.6) is 0 Å². The summed E-state index contributed by atoms with van der Waals surface area (Å²) in [6.07, 6.45) is 2.98. The summed E-state index contributed by atoms with van der Waals surface area (Å²) < 4.78 is 0.515. The molecular weight excluding hydrogens is 188 g/mol. The van der Waals surface area contributed by atoms with Crippen molar-refractivity contribution in [2.24, 2.45) is 0 Å². The van der Waals surface area contributed by atoms with E-state index in [1.807, 2.05) is 0 Å². The van der Waals surface area contributed by atoms with Gasteiger partial charge in [-0.15, -0.1) is 0 Å². The SMILES string of the molecule is CC(C)(C)S[SiH]1CCCCS1. The second-order valence-corrected chi connectivity index (χ2v) is 13.7. The molecule has 0 aromatic rings. The first kappa shape index (κ1) is 10.0. The van der Waals surface area contributed by atoms with Gasteiger partial charge in [0.05, 0.1) is 0 Å². The van der Waals surface area contributed by atoms with Crippen LogP contribution in [-0.2, 0) is 0 Å². The first-order valence-electron chi connectivity index (χ1n) is 4.37. The first-order chi connectivity index (χ1) is 5.08. The standard InChI is InChI=1S/C8H18S2Si/c1-8(2,3)10-11-7-5-4-6-9-11/h11H,4-7H2,1-3H3. The zero-order valence-corrected chi connectivity index (χ0v) is 10.5. The van der Waals surface area contributed by atoms with Gasteiger partial charge in [-0.25, -0.2) is 0 Å². The number of rotatable bonds is 1. The monoisotopic (exact) mass is 206 g/mol. The molecule has 1 atom stereocenters. The Kier molecular flexibility index (Phi) is 3.85. The van der Waals surface area contributed by atoms with Gasteiger partial charge in [0.25, 0.3) is 0 Å². The van der Waals surface area contributed by atoms with Gasteiger partial charge in [0.2, 0.25) is 0 Å². The van der Waals surface area contributed by atoms with Crippen LogP contribution in [0, 0.1) is 0 Å². The molecule has 66 valence electrons. The van der Waals surface area contributed by atoms with Crippen LogP contribution in [-0.4, -0.2) is 17.6 Å². The second kappa shape index (κ2) is 4.24. The lowest BCUT2D eigenvalue weighted by atomic mass is 10.3. The molecule has 0 amide bonds. The molecule has 0 bridgehead atoms. The van der Waals surface area contributed by atoms with E-state index in [1.165, 1.54) is 18.6 Å². The highest BCUT2D eigenvalue weighted by molar-refractivity contribution is 8.54.